The van der Waals surface area contributed by atoms with Crippen molar-refractivity contribution in [3.63, 3.8) is 0 Å². The maximum Gasteiger partial charge on any atom is 0.230 e. The summed E-state index contributed by atoms with van der Waals surface area (Å²) in [6, 6.07) is 0. The molecule has 0 bridgehead atoms. The summed E-state index contributed by atoms with van der Waals surface area (Å²) < 4.78 is 5.29. The van der Waals surface area contributed by atoms with Crippen LogP contribution in [0.2, 0.25) is 0 Å². The third-order valence-corrected chi connectivity index (χ3v) is 2.85. The van der Waals surface area contributed by atoms with E-state index in [0.29, 0.717) is 23.3 Å². The van der Waals surface area contributed by atoms with Gasteiger partial charge in [-0.1, -0.05) is 5.16 Å². The minimum atomic E-state index is 0.338. The Morgan fingerprint density at radius 3 is 2.82 bits per heavy atom. The maximum atomic E-state index is 5.29. The molecular formula is C11H12N5O. The van der Waals surface area contributed by atoms with Crippen LogP contribution in [0.5, 0.6) is 0 Å². The van der Waals surface area contributed by atoms with Gasteiger partial charge in [0, 0.05) is 31.4 Å². The van der Waals surface area contributed by atoms with E-state index in [9.17, 15) is 0 Å². The zero-order valence-corrected chi connectivity index (χ0v) is 9.28. The number of aromatic nitrogens is 4. The highest BCUT2D eigenvalue weighted by molar-refractivity contribution is 5.45. The molecule has 0 unspecified atom stereocenters. The van der Waals surface area contributed by atoms with Gasteiger partial charge in [0.2, 0.25) is 11.7 Å². The fourth-order valence-corrected chi connectivity index (χ4v) is 1.92. The van der Waals surface area contributed by atoms with Crippen LogP contribution >= 0.6 is 0 Å². The molecule has 6 heteroatoms. The quantitative estimate of drug-likeness (QED) is 0.769. The van der Waals surface area contributed by atoms with Gasteiger partial charge in [0.15, 0.2) is 0 Å². The van der Waals surface area contributed by atoms with Crippen LogP contribution in [-0.4, -0.2) is 33.2 Å². The van der Waals surface area contributed by atoms with Crippen LogP contribution in [0.25, 0.3) is 11.5 Å². The van der Waals surface area contributed by atoms with E-state index in [1.54, 1.807) is 18.6 Å². The van der Waals surface area contributed by atoms with Crippen LogP contribution in [0.15, 0.2) is 23.1 Å². The van der Waals surface area contributed by atoms with Gasteiger partial charge >= 0.3 is 0 Å². The SMILES string of the molecule is c1cnc(-c2noc(C3CC[N]CC3)n2)cn1. The highest BCUT2D eigenvalue weighted by Gasteiger charge is 2.22. The molecule has 1 aliphatic rings. The molecule has 1 aliphatic heterocycles. The lowest BCUT2D eigenvalue weighted by Gasteiger charge is -2.17. The average molecular weight is 230 g/mol. The van der Waals surface area contributed by atoms with Crippen LogP contribution in [0.3, 0.4) is 0 Å². The monoisotopic (exact) mass is 230 g/mol. The van der Waals surface area contributed by atoms with Crippen LogP contribution in [0.1, 0.15) is 24.7 Å². The fourth-order valence-electron chi connectivity index (χ4n) is 1.92. The molecule has 0 atom stereocenters. The van der Waals surface area contributed by atoms with E-state index in [2.05, 4.69) is 25.4 Å². The topological polar surface area (TPSA) is 78.8 Å². The predicted octanol–water partition coefficient (Wildman–Crippen LogP) is 1.01. The van der Waals surface area contributed by atoms with Gasteiger partial charge in [-0.25, -0.2) is 10.3 Å². The molecule has 0 amide bonds. The molecule has 2 aromatic heterocycles. The first-order chi connectivity index (χ1) is 8.43. The summed E-state index contributed by atoms with van der Waals surface area (Å²) in [6.45, 7) is 1.76. The number of rotatable bonds is 2. The number of nitrogens with zero attached hydrogens (tertiary/aromatic N) is 5. The van der Waals surface area contributed by atoms with Crippen molar-refractivity contribution < 1.29 is 4.52 Å². The molecule has 0 aromatic carbocycles. The highest BCUT2D eigenvalue weighted by atomic mass is 16.5. The van der Waals surface area contributed by atoms with Crippen molar-refractivity contribution in [2.45, 2.75) is 18.8 Å². The molecule has 1 radical (unpaired) electrons. The van der Waals surface area contributed by atoms with E-state index in [1.165, 1.54) is 0 Å². The lowest BCUT2D eigenvalue weighted by atomic mass is 9.98. The summed E-state index contributed by atoms with van der Waals surface area (Å²) in [5.74, 6) is 1.54. The van der Waals surface area contributed by atoms with E-state index in [0.717, 1.165) is 25.9 Å². The smallest absolute Gasteiger partial charge is 0.230 e. The van der Waals surface area contributed by atoms with Gasteiger partial charge in [-0.05, 0) is 12.8 Å². The molecule has 0 N–H and O–H groups in total. The average Bonchev–Trinajstić information content (AvgIpc) is 2.90. The summed E-state index contributed by atoms with van der Waals surface area (Å²) in [6.07, 6.45) is 6.84. The van der Waals surface area contributed by atoms with Crippen LogP contribution in [-0.2, 0) is 0 Å². The molecule has 17 heavy (non-hydrogen) atoms. The molecule has 6 nitrogen and oxygen atoms in total. The molecule has 0 aliphatic carbocycles. The number of hydrogen-bond acceptors (Lipinski definition) is 5. The Morgan fingerprint density at radius 2 is 2.06 bits per heavy atom. The molecule has 1 fully saturated rings. The standard InChI is InChI=1S/C11H12N5O/c1-3-12-4-2-8(1)11-15-10(16-17-11)9-7-13-5-6-14-9/h5-8H,1-4H2. The minimum Gasteiger partial charge on any atom is -0.339 e. The van der Waals surface area contributed by atoms with Crippen molar-refractivity contribution in [1.29, 1.82) is 0 Å². The zero-order valence-electron chi connectivity index (χ0n) is 9.28. The van der Waals surface area contributed by atoms with Crippen LogP contribution in [0.4, 0.5) is 0 Å². The van der Waals surface area contributed by atoms with Crippen LogP contribution < -0.4 is 5.32 Å². The largest absolute Gasteiger partial charge is 0.339 e. The molecule has 3 heterocycles. The normalized spacial score (nSPS) is 17.2. The molecule has 2 aromatic rings. The first-order valence-corrected chi connectivity index (χ1v) is 5.67. The lowest BCUT2D eigenvalue weighted by Crippen LogP contribution is -2.21. The molecule has 3 rings (SSSR count). The highest BCUT2D eigenvalue weighted by Crippen LogP contribution is 2.25. The summed E-state index contributed by atoms with van der Waals surface area (Å²) in [5, 5.41) is 8.25. The minimum absolute atomic E-state index is 0.338. The summed E-state index contributed by atoms with van der Waals surface area (Å²) >= 11 is 0. The molecule has 87 valence electrons. The molecule has 0 saturated carbocycles. The van der Waals surface area contributed by atoms with Gasteiger partial charge in [-0.3, -0.25) is 4.98 Å². The van der Waals surface area contributed by atoms with E-state index in [1.807, 2.05) is 0 Å². The maximum absolute atomic E-state index is 5.29. The van der Waals surface area contributed by atoms with E-state index in [4.69, 9.17) is 4.52 Å². The second-order valence-electron chi connectivity index (χ2n) is 3.99. The third kappa shape index (κ3) is 2.16. The Kier molecular flexibility index (Phi) is 2.79. The van der Waals surface area contributed by atoms with Gasteiger partial charge in [0.25, 0.3) is 0 Å². The van der Waals surface area contributed by atoms with Crippen molar-refractivity contribution in [3.05, 3.63) is 24.5 Å². The Balaban J connectivity index is 1.83. The lowest BCUT2D eigenvalue weighted by molar-refractivity contribution is 0.319. The van der Waals surface area contributed by atoms with Gasteiger partial charge in [-0.15, -0.1) is 0 Å². The van der Waals surface area contributed by atoms with Crippen molar-refractivity contribution in [3.8, 4) is 11.5 Å². The Hall–Kier alpha value is -1.82. The second-order valence-corrected chi connectivity index (χ2v) is 3.99. The predicted molar refractivity (Wildman–Crippen MR) is 59.2 cm³/mol. The van der Waals surface area contributed by atoms with E-state index in [-0.39, 0.29) is 0 Å². The van der Waals surface area contributed by atoms with E-state index >= 15 is 0 Å². The Bertz CT molecular complexity index is 478. The van der Waals surface area contributed by atoms with Gasteiger partial charge in [0.1, 0.15) is 5.69 Å². The fraction of sp³-hybridized carbons (Fsp3) is 0.455. The molecular weight excluding hydrogens is 218 g/mol. The zero-order chi connectivity index (χ0) is 11.5. The summed E-state index contributed by atoms with van der Waals surface area (Å²) in [7, 11) is 0. The first kappa shape index (κ1) is 10.3. The van der Waals surface area contributed by atoms with Crippen molar-refractivity contribution >= 4 is 0 Å². The summed E-state index contributed by atoms with van der Waals surface area (Å²) in [4.78, 5) is 12.5. The first-order valence-electron chi connectivity index (χ1n) is 5.67. The molecule has 0 spiro atoms. The second kappa shape index (κ2) is 4.58. The Morgan fingerprint density at radius 1 is 1.18 bits per heavy atom. The van der Waals surface area contributed by atoms with Gasteiger partial charge < -0.3 is 4.52 Å². The van der Waals surface area contributed by atoms with Crippen LogP contribution in [0, 0.1) is 0 Å². The summed E-state index contributed by atoms with van der Waals surface area (Å²) in [5.41, 5.74) is 0.642. The van der Waals surface area contributed by atoms with Crippen molar-refractivity contribution in [2.24, 2.45) is 0 Å². The van der Waals surface area contributed by atoms with E-state index < -0.39 is 0 Å². The molecule has 1 saturated heterocycles. The van der Waals surface area contributed by atoms with Crippen molar-refractivity contribution in [1.82, 2.24) is 25.4 Å². The van der Waals surface area contributed by atoms with Gasteiger partial charge in [0.05, 0.1) is 6.20 Å². The van der Waals surface area contributed by atoms with Gasteiger partial charge in [-0.2, -0.15) is 4.98 Å². The third-order valence-electron chi connectivity index (χ3n) is 2.85. The number of hydrogen-bond donors (Lipinski definition) is 0. The van der Waals surface area contributed by atoms with Crippen molar-refractivity contribution in [2.75, 3.05) is 13.1 Å². The number of piperidine rings is 1. The Labute approximate surface area is 98.5 Å².